The van der Waals surface area contributed by atoms with Crippen LogP contribution in [0.2, 0.25) is 0 Å². The van der Waals surface area contributed by atoms with E-state index in [9.17, 15) is 0 Å². The predicted octanol–water partition coefficient (Wildman–Crippen LogP) is 7.62. The maximum Gasteiger partial charge on any atom is 0.104 e. The Bertz CT molecular complexity index is 379. The third-order valence-electron chi connectivity index (χ3n) is 6.80. The van der Waals surface area contributed by atoms with Crippen LogP contribution in [0.5, 0.6) is 0 Å². The SMILES string of the molecule is C(OCC1CO1)C1CO1.CCCCCCCCCCCCOCCCCCCCCCCCC.OCCO. The van der Waals surface area contributed by atoms with Gasteiger partial charge < -0.3 is 29.2 Å². The Balaban J connectivity index is 0.000000843. The molecule has 6 heteroatoms. The molecule has 0 amide bonds. The third-order valence-corrected chi connectivity index (χ3v) is 6.80. The fourth-order valence-corrected chi connectivity index (χ4v) is 4.14. The molecule has 0 radical (unpaired) electrons. The zero-order valence-electron chi connectivity index (χ0n) is 25.5. The van der Waals surface area contributed by atoms with Gasteiger partial charge >= 0.3 is 0 Å². The number of unbranched alkanes of at least 4 members (excludes halogenated alkanes) is 18. The van der Waals surface area contributed by atoms with Gasteiger partial charge in [0.2, 0.25) is 0 Å². The van der Waals surface area contributed by atoms with E-state index < -0.39 is 0 Å². The molecule has 2 heterocycles. The average Bonchev–Trinajstić information content (AvgIpc) is 3.87. The quantitative estimate of drug-likeness (QED) is 0.0814. The van der Waals surface area contributed by atoms with Gasteiger partial charge in [-0.15, -0.1) is 0 Å². The van der Waals surface area contributed by atoms with Crippen LogP contribution in [0.4, 0.5) is 0 Å². The lowest BCUT2D eigenvalue weighted by atomic mass is 10.1. The second-order valence-corrected chi connectivity index (χ2v) is 10.9. The summed E-state index contributed by atoms with van der Waals surface area (Å²) in [5.74, 6) is 0. The van der Waals surface area contributed by atoms with E-state index in [4.69, 9.17) is 29.2 Å². The van der Waals surface area contributed by atoms with E-state index in [2.05, 4.69) is 13.8 Å². The summed E-state index contributed by atoms with van der Waals surface area (Å²) in [5, 5.41) is 15.2. The van der Waals surface area contributed by atoms with Crippen LogP contribution in [-0.4, -0.2) is 75.3 Å². The molecule has 2 rings (SSSR count). The number of aliphatic hydroxyl groups is 2. The number of aliphatic hydroxyl groups excluding tert-OH is 2. The van der Waals surface area contributed by atoms with Crippen LogP contribution in [0.1, 0.15) is 142 Å². The second kappa shape index (κ2) is 33.0. The molecule has 0 spiro atoms. The van der Waals surface area contributed by atoms with Crippen molar-refractivity contribution in [3.8, 4) is 0 Å². The summed E-state index contributed by atoms with van der Waals surface area (Å²) < 4.78 is 20.9. The van der Waals surface area contributed by atoms with Crippen molar-refractivity contribution in [1.82, 2.24) is 0 Å². The summed E-state index contributed by atoms with van der Waals surface area (Å²) in [6.45, 7) is 9.58. The number of hydrogen-bond acceptors (Lipinski definition) is 6. The van der Waals surface area contributed by atoms with Crippen molar-refractivity contribution in [2.75, 3.05) is 52.9 Å². The summed E-state index contributed by atoms with van der Waals surface area (Å²) in [7, 11) is 0. The first-order valence-electron chi connectivity index (χ1n) is 16.4. The van der Waals surface area contributed by atoms with Gasteiger partial charge in [0.25, 0.3) is 0 Å². The van der Waals surface area contributed by atoms with Crippen molar-refractivity contribution < 1.29 is 29.2 Å². The molecule has 2 aliphatic heterocycles. The van der Waals surface area contributed by atoms with E-state index in [1.165, 1.54) is 128 Å². The first-order valence-corrected chi connectivity index (χ1v) is 16.4. The maximum absolute atomic E-state index is 7.62. The Hall–Kier alpha value is -0.240. The number of ether oxygens (including phenoxy) is 4. The van der Waals surface area contributed by atoms with Crippen molar-refractivity contribution in [1.29, 1.82) is 0 Å². The highest BCUT2D eigenvalue weighted by molar-refractivity contribution is 4.71. The fraction of sp³-hybridized carbons (Fsp3) is 1.00. The Kier molecular flexibility index (Phi) is 32.8. The molecule has 38 heavy (non-hydrogen) atoms. The lowest BCUT2D eigenvalue weighted by Gasteiger charge is -2.05. The van der Waals surface area contributed by atoms with Crippen molar-refractivity contribution in [3.63, 3.8) is 0 Å². The summed E-state index contributed by atoms with van der Waals surface area (Å²) in [4.78, 5) is 0. The smallest absolute Gasteiger partial charge is 0.104 e. The molecule has 0 aliphatic carbocycles. The molecular weight excluding hydrogens is 480 g/mol. The standard InChI is InChI=1S/C24H50O.C6H10O3.C2H6O2/c1-3-5-7-9-11-13-15-17-19-21-23-25-24-22-20-18-16-14-12-10-8-6-4-2;1(5-3-8-5)7-2-6-4-9-6;3-1-2-4/h3-24H2,1-2H3;5-6H,1-4H2;3-4H,1-2H2. The molecule has 6 nitrogen and oxygen atoms in total. The van der Waals surface area contributed by atoms with E-state index in [-0.39, 0.29) is 13.2 Å². The van der Waals surface area contributed by atoms with E-state index in [1.807, 2.05) is 0 Å². The third kappa shape index (κ3) is 35.8. The van der Waals surface area contributed by atoms with Gasteiger partial charge in [-0.3, -0.25) is 0 Å². The van der Waals surface area contributed by atoms with Gasteiger partial charge in [0, 0.05) is 13.2 Å². The zero-order chi connectivity index (χ0) is 27.8. The Morgan fingerprint density at radius 1 is 0.474 bits per heavy atom. The van der Waals surface area contributed by atoms with Crippen molar-refractivity contribution in [2.45, 2.75) is 154 Å². The number of hydrogen-bond donors (Lipinski definition) is 2. The molecule has 0 aromatic rings. The molecule has 230 valence electrons. The van der Waals surface area contributed by atoms with Gasteiger partial charge in [-0.05, 0) is 12.8 Å². The molecule has 2 saturated heterocycles. The van der Waals surface area contributed by atoms with E-state index >= 15 is 0 Å². The fourth-order valence-electron chi connectivity index (χ4n) is 4.14. The highest BCUT2D eigenvalue weighted by Crippen LogP contribution is 2.13. The van der Waals surface area contributed by atoms with Crippen molar-refractivity contribution in [3.05, 3.63) is 0 Å². The van der Waals surface area contributed by atoms with E-state index in [0.29, 0.717) is 12.2 Å². The van der Waals surface area contributed by atoms with Crippen molar-refractivity contribution >= 4 is 0 Å². The van der Waals surface area contributed by atoms with Gasteiger partial charge in [0.05, 0.1) is 39.6 Å². The van der Waals surface area contributed by atoms with Crippen LogP contribution < -0.4 is 0 Å². The van der Waals surface area contributed by atoms with Crippen LogP contribution in [0, 0.1) is 0 Å². The number of rotatable bonds is 27. The molecular formula is C32H66O6. The van der Waals surface area contributed by atoms with Gasteiger partial charge in [-0.1, -0.05) is 129 Å². The van der Waals surface area contributed by atoms with Gasteiger partial charge in [0.1, 0.15) is 12.2 Å². The molecule has 2 atom stereocenters. The molecule has 0 aromatic carbocycles. The monoisotopic (exact) mass is 546 g/mol. The van der Waals surface area contributed by atoms with Gasteiger partial charge in [-0.2, -0.15) is 0 Å². The van der Waals surface area contributed by atoms with Crippen LogP contribution >= 0.6 is 0 Å². The van der Waals surface area contributed by atoms with Gasteiger partial charge in [-0.25, -0.2) is 0 Å². The molecule has 2 unspecified atom stereocenters. The Labute approximate surface area is 236 Å². The van der Waals surface area contributed by atoms with E-state index in [1.54, 1.807) is 0 Å². The summed E-state index contributed by atoms with van der Waals surface area (Å²) in [5.41, 5.74) is 0. The second-order valence-electron chi connectivity index (χ2n) is 10.9. The topological polar surface area (TPSA) is 84.0 Å². The molecule has 0 aromatic heterocycles. The minimum atomic E-state index is -0.125. The predicted molar refractivity (Wildman–Crippen MR) is 159 cm³/mol. The maximum atomic E-state index is 7.62. The minimum Gasteiger partial charge on any atom is -0.394 e. The molecule has 2 N–H and O–H groups in total. The van der Waals surface area contributed by atoms with Crippen molar-refractivity contribution in [2.24, 2.45) is 0 Å². The van der Waals surface area contributed by atoms with E-state index in [0.717, 1.165) is 39.6 Å². The van der Waals surface area contributed by atoms with Crippen LogP contribution in [-0.2, 0) is 18.9 Å². The first kappa shape index (κ1) is 37.8. The van der Waals surface area contributed by atoms with Crippen LogP contribution in [0.25, 0.3) is 0 Å². The summed E-state index contributed by atoms with van der Waals surface area (Å²) >= 11 is 0. The zero-order valence-corrected chi connectivity index (χ0v) is 25.5. The molecule has 2 aliphatic rings. The summed E-state index contributed by atoms with van der Waals surface area (Å²) in [6, 6.07) is 0. The van der Waals surface area contributed by atoms with Crippen LogP contribution in [0.15, 0.2) is 0 Å². The first-order chi connectivity index (χ1) is 18.8. The summed E-state index contributed by atoms with van der Waals surface area (Å²) in [6.07, 6.45) is 28.9. The average molecular weight is 547 g/mol. The lowest BCUT2D eigenvalue weighted by Crippen LogP contribution is -2.06. The highest BCUT2D eigenvalue weighted by atomic mass is 16.6. The Morgan fingerprint density at radius 3 is 1.03 bits per heavy atom. The number of epoxide rings is 2. The van der Waals surface area contributed by atoms with Crippen LogP contribution in [0.3, 0.4) is 0 Å². The largest absolute Gasteiger partial charge is 0.394 e. The van der Waals surface area contributed by atoms with Gasteiger partial charge in [0.15, 0.2) is 0 Å². The normalized spacial score (nSPS) is 17.4. The highest BCUT2D eigenvalue weighted by Gasteiger charge is 2.26. The molecule has 2 fully saturated rings. The lowest BCUT2D eigenvalue weighted by molar-refractivity contribution is 0.102. The molecule has 0 bridgehead atoms. The minimum absolute atomic E-state index is 0.125. The molecule has 0 saturated carbocycles. The Morgan fingerprint density at radius 2 is 0.763 bits per heavy atom.